The van der Waals surface area contributed by atoms with Crippen molar-refractivity contribution in [3.63, 3.8) is 0 Å². The summed E-state index contributed by atoms with van der Waals surface area (Å²) >= 11 is 0. The van der Waals surface area contributed by atoms with Crippen LogP contribution in [0.1, 0.15) is 61.4 Å². The molecular weight excluding hydrogens is 354 g/mol. The molecule has 146 valence electrons. The third-order valence-corrected chi connectivity index (χ3v) is 5.61. The zero-order valence-electron chi connectivity index (χ0n) is 16.4. The van der Waals surface area contributed by atoms with E-state index in [9.17, 15) is 9.59 Å². The number of likely N-dealkylation sites (tertiary alicyclic amines) is 1. The quantitative estimate of drug-likeness (QED) is 0.819. The molecule has 4 rings (SSSR count). The molecule has 1 atom stereocenters. The molecule has 28 heavy (non-hydrogen) atoms. The Morgan fingerprint density at radius 1 is 1.21 bits per heavy atom. The zero-order valence-corrected chi connectivity index (χ0v) is 16.4. The van der Waals surface area contributed by atoms with E-state index in [1.54, 1.807) is 18.0 Å². The van der Waals surface area contributed by atoms with Crippen LogP contribution in [0.5, 0.6) is 0 Å². The lowest BCUT2D eigenvalue weighted by atomic mass is 9.99. The van der Waals surface area contributed by atoms with Gasteiger partial charge in [-0.05, 0) is 44.7 Å². The minimum absolute atomic E-state index is 0.0464. The fourth-order valence-electron chi connectivity index (χ4n) is 4.15. The van der Waals surface area contributed by atoms with Gasteiger partial charge in [0.1, 0.15) is 5.82 Å². The minimum atomic E-state index is -0.121. The number of piperidine rings is 1. The number of hydrogen-bond acceptors (Lipinski definition) is 5. The van der Waals surface area contributed by atoms with Gasteiger partial charge in [-0.25, -0.2) is 9.97 Å². The number of hydrogen-bond donors (Lipinski definition) is 0. The average molecular weight is 379 g/mol. The largest absolute Gasteiger partial charge is 0.333 e. The van der Waals surface area contributed by atoms with Crippen molar-refractivity contribution < 1.29 is 9.59 Å². The normalized spacial score (nSPS) is 19.5. The first kappa shape index (κ1) is 18.5. The minimum Gasteiger partial charge on any atom is -0.333 e. The highest BCUT2D eigenvalue weighted by Gasteiger charge is 2.33. The Kier molecular flexibility index (Phi) is 5.07. The molecular formula is C21H25N5O2. The number of aromatic nitrogens is 3. The van der Waals surface area contributed by atoms with Gasteiger partial charge in [0.15, 0.2) is 5.82 Å². The Morgan fingerprint density at radius 3 is 2.82 bits per heavy atom. The lowest BCUT2D eigenvalue weighted by molar-refractivity contribution is -0.132. The second-order valence-corrected chi connectivity index (χ2v) is 7.49. The SMILES string of the molecule is CC(=O)N1CCCCC1c1nc(C)c2c(n1)N(Cc1ccccn1)C(=O)CC2. The van der Waals surface area contributed by atoms with Crippen LogP contribution in [0.4, 0.5) is 5.82 Å². The summed E-state index contributed by atoms with van der Waals surface area (Å²) in [5.41, 5.74) is 2.74. The van der Waals surface area contributed by atoms with Crippen LogP contribution in [0.3, 0.4) is 0 Å². The number of amides is 2. The zero-order chi connectivity index (χ0) is 19.7. The van der Waals surface area contributed by atoms with Crippen LogP contribution < -0.4 is 4.90 Å². The first-order chi connectivity index (χ1) is 13.5. The lowest BCUT2D eigenvalue weighted by Crippen LogP contribution is -2.40. The van der Waals surface area contributed by atoms with Crippen LogP contribution in [-0.4, -0.2) is 38.2 Å². The fraction of sp³-hybridized carbons (Fsp3) is 0.476. The Hall–Kier alpha value is -2.83. The summed E-state index contributed by atoms with van der Waals surface area (Å²) in [6.45, 7) is 4.69. The Bertz CT molecular complexity index is 899. The van der Waals surface area contributed by atoms with Crippen LogP contribution in [0.25, 0.3) is 0 Å². The van der Waals surface area contributed by atoms with Crippen molar-refractivity contribution in [3.8, 4) is 0 Å². The molecule has 4 heterocycles. The van der Waals surface area contributed by atoms with Gasteiger partial charge in [0.25, 0.3) is 0 Å². The highest BCUT2D eigenvalue weighted by Crippen LogP contribution is 2.34. The first-order valence-corrected chi connectivity index (χ1v) is 9.89. The number of carbonyl (C=O) groups excluding carboxylic acids is 2. The molecule has 0 spiro atoms. The highest BCUT2D eigenvalue weighted by atomic mass is 16.2. The molecule has 7 heteroatoms. The Labute approximate surface area is 164 Å². The number of rotatable bonds is 3. The van der Waals surface area contributed by atoms with Crippen LogP contribution in [0.2, 0.25) is 0 Å². The van der Waals surface area contributed by atoms with E-state index in [-0.39, 0.29) is 17.9 Å². The molecule has 1 unspecified atom stereocenters. The standard InChI is InChI=1S/C21H25N5O2/c1-14-17-9-10-19(28)26(13-16-7-3-5-11-22-16)21(17)24-20(23-14)18-8-4-6-12-25(18)15(2)27/h3,5,7,11,18H,4,6,8-10,12-13H2,1-2H3. The van der Waals surface area contributed by atoms with Gasteiger partial charge in [0.05, 0.1) is 18.3 Å². The van der Waals surface area contributed by atoms with Crippen LogP contribution in [0.15, 0.2) is 24.4 Å². The first-order valence-electron chi connectivity index (χ1n) is 9.89. The van der Waals surface area contributed by atoms with E-state index < -0.39 is 0 Å². The summed E-state index contributed by atoms with van der Waals surface area (Å²) in [5, 5.41) is 0. The summed E-state index contributed by atoms with van der Waals surface area (Å²) < 4.78 is 0. The number of fused-ring (bicyclic) bond motifs is 1. The highest BCUT2D eigenvalue weighted by molar-refractivity contribution is 5.95. The Morgan fingerprint density at radius 2 is 2.07 bits per heavy atom. The molecule has 0 bridgehead atoms. The van der Waals surface area contributed by atoms with E-state index >= 15 is 0 Å². The summed E-state index contributed by atoms with van der Waals surface area (Å²) in [7, 11) is 0. The molecule has 2 aromatic heterocycles. The van der Waals surface area contributed by atoms with Crippen LogP contribution in [0, 0.1) is 6.92 Å². The predicted octanol–water partition coefficient (Wildman–Crippen LogP) is 2.73. The van der Waals surface area contributed by atoms with Crippen molar-refractivity contribution in [1.29, 1.82) is 0 Å². The molecule has 0 radical (unpaired) electrons. The smallest absolute Gasteiger partial charge is 0.228 e. The molecule has 2 aliphatic rings. The maximum absolute atomic E-state index is 12.7. The molecule has 7 nitrogen and oxygen atoms in total. The number of pyridine rings is 1. The second kappa shape index (κ2) is 7.66. The van der Waals surface area contributed by atoms with E-state index in [1.165, 1.54) is 0 Å². The van der Waals surface area contributed by atoms with Crippen LogP contribution >= 0.6 is 0 Å². The molecule has 2 aliphatic heterocycles. The summed E-state index contributed by atoms with van der Waals surface area (Å²) in [6.07, 6.45) is 5.74. The van der Waals surface area contributed by atoms with Gasteiger partial charge >= 0.3 is 0 Å². The third kappa shape index (κ3) is 3.48. The van der Waals surface area contributed by atoms with Gasteiger partial charge in [-0.1, -0.05) is 6.07 Å². The molecule has 1 saturated heterocycles. The molecule has 0 saturated carbocycles. The number of aryl methyl sites for hydroxylation is 1. The van der Waals surface area contributed by atoms with Crippen molar-refractivity contribution >= 4 is 17.6 Å². The summed E-state index contributed by atoms with van der Waals surface area (Å²) in [6, 6.07) is 5.57. The third-order valence-electron chi connectivity index (χ3n) is 5.61. The van der Waals surface area contributed by atoms with Crippen molar-refractivity contribution in [2.24, 2.45) is 0 Å². The molecule has 2 aromatic rings. The van der Waals surface area contributed by atoms with Gasteiger partial charge in [0, 0.05) is 37.3 Å². The monoisotopic (exact) mass is 379 g/mol. The maximum Gasteiger partial charge on any atom is 0.228 e. The number of carbonyl (C=O) groups is 2. The van der Waals surface area contributed by atoms with E-state index in [2.05, 4.69) is 4.98 Å². The second-order valence-electron chi connectivity index (χ2n) is 7.49. The van der Waals surface area contributed by atoms with E-state index in [1.807, 2.05) is 30.0 Å². The van der Waals surface area contributed by atoms with Crippen molar-refractivity contribution in [2.45, 2.75) is 58.5 Å². The molecule has 0 aromatic carbocycles. The van der Waals surface area contributed by atoms with Crippen LogP contribution in [-0.2, 0) is 22.6 Å². The average Bonchev–Trinajstić information content (AvgIpc) is 2.71. The van der Waals surface area contributed by atoms with E-state index in [0.717, 1.165) is 42.8 Å². The van der Waals surface area contributed by atoms with E-state index in [4.69, 9.17) is 9.97 Å². The van der Waals surface area contributed by atoms with E-state index in [0.29, 0.717) is 31.0 Å². The summed E-state index contributed by atoms with van der Waals surface area (Å²) in [4.78, 5) is 42.3. The van der Waals surface area contributed by atoms with Gasteiger partial charge in [0.2, 0.25) is 11.8 Å². The van der Waals surface area contributed by atoms with Gasteiger partial charge in [-0.15, -0.1) is 0 Å². The van der Waals surface area contributed by atoms with Crippen molar-refractivity contribution in [2.75, 3.05) is 11.4 Å². The maximum atomic E-state index is 12.7. The van der Waals surface area contributed by atoms with Gasteiger partial charge in [-0.2, -0.15) is 0 Å². The summed E-state index contributed by atoms with van der Waals surface area (Å²) in [5.74, 6) is 1.42. The topological polar surface area (TPSA) is 79.3 Å². The van der Waals surface area contributed by atoms with Crippen molar-refractivity contribution in [1.82, 2.24) is 19.9 Å². The number of anilines is 1. The van der Waals surface area contributed by atoms with Gasteiger partial charge in [-0.3, -0.25) is 19.5 Å². The fourth-order valence-corrected chi connectivity index (χ4v) is 4.15. The molecule has 0 N–H and O–H groups in total. The molecule has 0 aliphatic carbocycles. The van der Waals surface area contributed by atoms with Gasteiger partial charge < -0.3 is 4.90 Å². The lowest BCUT2D eigenvalue weighted by Gasteiger charge is -2.35. The van der Waals surface area contributed by atoms with Crippen molar-refractivity contribution in [3.05, 3.63) is 47.2 Å². The molecule has 2 amide bonds. The predicted molar refractivity (Wildman–Crippen MR) is 104 cm³/mol. The molecule has 1 fully saturated rings. The Balaban J connectivity index is 1.73. The number of nitrogens with zero attached hydrogens (tertiary/aromatic N) is 5.